The Kier molecular flexibility index (Phi) is 4.33. The lowest BCUT2D eigenvalue weighted by Crippen LogP contribution is -2.16. The van der Waals surface area contributed by atoms with Gasteiger partial charge in [0.15, 0.2) is 5.13 Å². The summed E-state index contributed by atoms with van der Waals surface area (Å²) in [7, 11) is 0. The smallest absolute Gasteiger partial charge is 0.190 e. The molecule has 2 N–H and O–H groups in total. The van der Waals surface area contributed by atoms with Crippen molar-refractivity contribution in [3.8, 4) is 0 Å². The van der Waals surface area contributed by atoms with E-state index in [1.807, 2.05) is 0 Å². The van der Waals surface area contributed by atoms with Crippen LogP contribution in [0.25, 0.3) is 0 Å². The van der Waals surface area contributed by atoms with Crippen molar-refractivity contribution in [2.45, 2.75) is 20.3 Å². The molecule has 0 atom stereocenters. The predicted molar refractivity (Wildman–Crippen MR) is 78.7 cm³/mol. The molecule has 18 heavy (non-hydrogen) atoms. The highest BCUT2D eigenvalue weighted by Gasteiger charge is 2.11. The first kappa shape index (κ1) is 13.1. The van der Waals surface area contributed by atoms with Crippen molar-refractivity contribution in [3.05, 3.63) is 40.9 Å². The van der Waals surface area contributed by atoms with E-state index in [-0.39, 0.29) is 0 Å². The van der Waals surface area contributed by atoms with E-state index in [4.69, 9.17) is 5.73 Å². The minimum absolute atomic E-state index is 0.653. The van der Waals surface area contributed by atoms with Crippen LogP contribution in [0.5, 0.6) is 0 Å². The number of aryl methyl sites for hydroxylation is 1. The Hall–Kier alpha value is -1.39. The molecule has 0 spiro atoms. The Morgan fingerprint density at radius 2 is 2.22 bits per heavy atom. The van der Waals surface area contributed by atoms with Gasteiger partial charge >= 0.3 is 0 Å². The lowest BCUT2D eigenvalue weighted by molar-refractivity contribution is 0.922. The largest absolute Gasteiger partial charge is 0.330 e. The number of aromatic nitrogens is 1. The number of hydrogen-bond acceptors (Lipinski definition) is 4. The third-order valence-corrected chi connectivity index (χ3v) is 3.71. The number of benzene rings is 1. The van der Waals surface area contributed by atoms with Gasteiger partial charge in [0.25, 0.3) is 0 Å². The fourth-order valence-corrected chi connectivity index (χ4v) is 2.85. The topological polar surface area (TPSA) is 42.2 Å². The molecule has 0 aliphatic carbocycles. The van der Waals surface area contributed by atoms with Crippen molar-refractivity contribution in [2.24, 2.45) is 5.73 Å². The highest BCUT2D eigenvalue weighted by molar-refractivity contribution is 7.13. The molecular weight excluding hydrogens is 242 g/mol. The molecule has 3 nitrogen and oxygen atoms in total. The Balaban J connectivity index is 2.27. The van der Waals surface area contributed by atoms with Gasteiger partial charge in [0.05, 0.1) is 5.69 Å². The van der Waals surface area contributed by atoms with E-state index in [0.717, 1.165) is 23.8 Å². The van der Waals surface area contributed by atoms with Gasteiger partial charge in [-0.2, -0.15) is 0 Å². The van der Waals surface area contributed by atoms with E-state index >= 15 is 0 Å². The Morgan fingerprint density at radius 1 is 1.39 bits per heavy atom. The van der Waals surface area contributed by atoms with Crippen LogP contribution in [-0.2, 0) is 6.42 Å². The first-order valence-corrected chi connectivity index (χ1v) is 7.11. The zero-order chi connectivity index (χ0) is 13.0. The van der Waals surface area contributed by atoms with E-state index in [0.29, 0.717) is 6.54 Å². The first-order valence-electron chi connectivity index (χ1n) is 6.23. The Labute approximate surface area is 112 Å². The number of anilines is 2. The Bertz CT molecular complexity index is 507. The average Bonchev–Trinajstić information content (AvgIpc) is 2.79. The van der Waals surface area contributed by atoms with E-state index < -0.39 is 0 Å². The molecule has 0 aliphatic rings. The van der Waals surface area contributed by atoms with Gasteiger partial charge in [-0.1, -0.05) is 12.1 Å². The zero-order valence-corrected chi connectivity index (χ0v) is 11.7. The van der Waals surface area contributed by atoms with Crippen molar-refractivity contribution >= 4 is 22.2 Å². The van der Waals surface area contributed by atoms with Gasteiger partial charge in [0.1, 0.15) is 0 Å². The molecule has 4 heteroatoms. The van der Waals surface area contributed by atoms with Gasteiger partial charge in [0.2, 0.25) is 0 Å². The summed E-state index contributed by atoms with van der Waals surface area (Å²) in [5.41, 5.74) is 9.12. The molecule has 0 bridgehead atoms. The summed E-state index contributed by atoms with van der Waals surface area (Å²) in [6, 6.07) is 8.51. The van der Waals surface area contributed by atoms with Crippen molar-refractivity contribution in [1.82, 2.24) is 4.98 Å². The maximum atomic E-state index is 5.56. The second-order valence-electron chi connectivity index (χ2n) is 4.24. The second kappa shape index (κ2) is 5.98. The molecule has 0 unspecified atom stereocenters. The van der Waals surface area contributed by atoms with E-state index in [9.17, 15) is 0 Å². The van der Waals surface area contributed by atoms with E-state index in [1.54, 1.807) is 11.3 Å². The first-order chi connectivity index (χ1) is 8.74. The number of nitrogens with zero attached hydrogens (tertiary/aromatic N) is 2. The molecular formula is C14H19N3S. The van der Waals surface area contributed by atoms with E-state index in [2.05, 4.69) is 53.4 Å². The quantitative estimate of drug-likeness (QED) is 0.899. The molecule has 1 aromatic heterocycles. The summed E-state index contributed by atoms with van der Waals surface area (Å²) < 4.78 is 0. The molecule has 0 radical (unpaired) electrons. The van der Waals surface area contributed by atoms with Gasteiger partial charge in [-0.3, -0.25) is 0 Å². The molecule has 1 aromatic carbocycles. The fraction of sp³-hybridized carbons (Fsp3) is 0.357. The summed E-state index contributed by atoms with van der Waals surface area (Å²) in [4.78, 5) is 6.88. The molecule has 96 valence electrons. The van der Waals surface area contributed by atoms with Crippen molar-refractivity contribution in [3.63, 3.8) is 0 Å². The van der Waals surface area contributed by atoms with Gasteiger partial charge < -0.3 is 10.6 Å². The van der Waals surface area contributed by atoms with Crippen LogP contribution in [0.15, 0.2) is 29.6 Å². The van der Waals surface area contributed by atoms with Crippen molar-refractivity contribution in [1.29, 1.82) is 0 Å². The highest BCUT2D eigenvalue weighted by atomic mass is 32.1. The molecule has 0 aliphatic heterocycles. The standard InChI is InChI=1S/C14H19N3S/c1-3-17(13-6-4-5-11(2)9-13)14-16-12(7-8-15)10-18-14/h4-6,9-10H,3,7-8,15H2,1-2H3. The summed E-state index contributed by atoms with van der Waals surface area (Å²) >= 11 is 1.68. The third kappa shape index (κ3) is 2.89. The van der Waals surface area contributed by atoms with Gasteiger partial charge in [-0.05, 0) is 38.1 Å². The second-order valence-corrected chi connectivity index (χ2v) is 5.08. The van der Waals surface area contributed by atoms with Crippen LogP contribution in [-0.4, -0.2) is 18.1 Å². The lowest BCUT2D eigenvalue weighted by atomic mass is 10.2. The minimum atomic E-state index is 0.653. The highest BCUT2D eigenvalue weighted by Crippen LogP contribution is 2.28. The zero-order valence-electron chi connectivity index (χ0n) is 10.9. The van der Waals surface area contributed by atoms with Crippen molar-refractivity contribution in [2.75, 3.05) is 18.0 Å². The van der Waals surface area contributed by atoms with Gasteiger partial charge in [0, 0.05) is 24.0 Å². The van der Waals surface area contributed by atoms with E-state index in [1.165, 1.54) is 11.3 Å². The molecule has 1 heterocycles. The summed E-state index contributed by atoms with van der Waals surface area (Å²) in [5.74, 6) is 0. The van der Waals surface area contributed by atoms with Crippen LogP contribution in [0, 0.1) is 6.92 Å². The van der Waals surface area contributed by atoms with Crippen LogP contribution in [0.3, 0.4) is 0 Å². The van der Waals surface area contributed by atoms with Crippen LogP contribution in [0.1, 0.15) is 18.2 Å². The molecule has 0 amide bonds. The molecule has 2 rings (SSSR count). The van der Waals surface area contributed by atoms with Crippen LogP contribution in [0.4, 0.5) is 10.8 Å². The SMILES string of the molecule is CCN(c1cccc(C)c1)c1nc(CCN)cs1. The molecule has 0 saturated carbocycles. The predicted octanol–water partition coefficient (Wildman–Crippen LogP) is 3.11. The summed E-state index contributed by atoms with van der Waals surface area (Å²) in [6.45, 7) is 5.82. The molecule has 0 saturated heterocycles. The number of rotatable bonds is 5. The minimum Gasteiger partial charge on any atom is -0.330 e. The number of nitrogens with two attached hydrogens (primary N) is 1. The molecule has 0 fully saturated rings. The maximum absolute atomic E-state index is 5.56. The van der Waals surface area contributed by atoms with Crippen molar-refractivity contribution < 1.29 is 0 Å². The number of thiazole rings is 1. The number of hydrogen-bond donors (Lipinski definition) is 1. The lowest BCUT2D eigenvalue weighted by Gasteiger charge is -2.20. The normalized spacial score (nSPS) is 10.6. The van der Waals surface area contributed by atoms with Gasteiger partial charge in [-0.15, -0.1) is 11.3 Å². The Morgan fingerprint density at radius 3 is 2.89 bits per heavy atom. The third-order valence-electron chi connectivity index (χ3n) is 2.80. The summed E-state index contributed by atoms with van der Waals surface area (Å²) in [5, 5.41) is 3.15. The average molecular weight is 261 g/mol. The maximum Gasteiger partial charge on any atom is 0.190 e. The monoisotopic (exact) mass is 261 g/mol. The molecule has 2 aromatic rings. The van der Waals surface area contributed by atoms with Gasteiger partial charge in [-0.25, -0.2) is 4.98 Å². The van der Waals surface area contributed by atoms with Crippen LogP contribution in [0.2, 0.25) is 0 Å². The van der Waals surface area contributed by atoms with Crippen LogP contribution >= 0.6 is 11.3 Å². The van der Waals surface area contributed by atoms with Crippen LogP contribution < -0.4 is 10.6 Å². The summed E-state index contributed by atoms with van der Waals surface area (Å²) in [6.07, 6.45) is 0.849. The fourth-order valence-electron chi connectivity index (χ4n) is 1.91.